The summed E-state index contributed by atoms with van der Waals surface area (Å²) in [6, 6.07) is 93.0. The molecule has 334 valence electrons. The highest BCUT2D eigenvalue weighted by Gasteiger charge is 2.18. The third kappa shape index (κ3) is 8.85. The van der Waals surface area contributed by atoms with Crippen LogP contribution < -0.4 is 4.90 Å². The Balaban J connectivity index is 1.02. The molecule has 0 fully saturated rings. The second kappa shape index (κ2) is 19.4. The van der Waals surface area contributed by atoms with Gasteiger partial charge in [0.05, 0.1) is 5.48 Å². The van der Waals surface area contributed by atoms with E-state index in [4.69, 9.17) is 0 Å². The number of rotatable bonds is 11. The number of hydrogen-bond acceptors (Lipinski definition) is 1. The molecular weight excluding hydrogens is 855 g/mol. The molecule has 12 rings (SSSR count). The second-order valence-corrected chi connectivity index (χ2v) is 17.8. The number of hydrogen-bond donors (Lipinski definition) is 0. The zero-order valence-electron chi connectivity index (χ0n) is 42.9. The van der Waals surface area contributed by atoms with Gasteiger partial charge in [-0.15, -0.1) is 0 Å². The number of nitrogens with zero attached hydrogens (tertiary/aromatic N) is 1. The number of benzene rings is 12. The third-order valence-corrected chi connectivity index (χ3v) is 13.3. The summed E-state index contributed by atoms with van der Waals surface area (Å²) in [6.45, 7) is 0. The Hall–Kier alpha value is -9.30. The lowest BCUT2D eigenvalue weighted by Gasteiger charge is -2.26. The van der Waals surface area contributed by atoms with Crippen LogP contribution in [0.2, 0.25) is 0 Å². The Labute approximate surface area is 422 Å². The van der Waals surface area contributed by atoms with Crippen LogP contribution in [0.4, 0.5) is 17.1 Å². The highest BCUT2D eigenvalue weighted by atomic mass is 15.1. The predicted octanol–water partition coefficient (Wildman–Crippen LogP) is 19.6. The molecule has 71 heavy (non-hydrogen) atoms. The molecule has 0 saturated heterocycles. The Morgan fingerprint density at radius 2 is 0.620 bits per heavy atom. The van der Waals surface area contributed by atoms with E-state index in [9.17, 15) is 5.48 Å². The van der Waals surface area contributed by atoms with Gasteiger partial charge in [0.25, 0.3) is 0 Å². The fourth-order valence-electron chi connectivity index (χ4n) is 9.80. The first-order chi connectivity index (χ1) is 36.9. The maximum Gasteiger partial charge on any atom is 0.0645 e. The van der Waals surface area contributed by atoms with E-state index >= 15 is 0 Å². The summed E-state index contributed by atoms with van der Waals surface area (Å²) in [6.07, 6.45) is 0. The van der Waals surface area contributed by atoms with Gasteiger partial charge in [-0.25, -0.2) is 0 Å². The molecule has 0 atom stereocenters. The van der Waals surface area contributed by atoms with Crippen LogP contribution in [0.25, 0.3) is 99.8 Å². The maximum absolute atomic E-state index is 9.89. The molecule has 0 spiro atoms. The molecule has 12 aromatic rings. The van der Waals surface area contributed by atoms with Crippen LogP contribution in [-0.2, 0) is 0 Å². The van der Waals surface area contributed by atoms with E-state index in [0.717, 1.165) is 88.7 Å². The molecule has 0 aromatic heterocycles. The summed E-state index contributed by atoms with van der Waals surface area (Å²) >= 11 is 0. The SMILES string of the molecule is [2H]c1c([2H])c(N(c2ccc(-c3cc(-c4ccccc4)cc(-c4ccccc4)c3)cc2)c2ccc(-c3c(-c4ccccc4)ccc4ccccc34)cc2)c([2H])c([2H])c1-c1ccc(-c2ccccc2)c(-c2ccccc2)c1. The molecule has 0 radical (unpaired) electrons. The van der Waals surface area contributed by atoms with Crippen LogP contribution >= 0.6 is 0 Å². The minimum atomic E-state index is -0.143. The quantitative estimate of drug-likeness (QED) is 0.125. The van der Waals surface area contributed by atoms with Crippen LogP contribution in [0.1, 0.15) is 5.48 Å². The van der Waals surface area contributed by atoms with Gasteiger partial charge in [0.2, 0.25) is 0 Å². The van der Waals surface area contributed by atoms with Crippen molar-refractivity contribution in [3.63, 3.8) is 0 Å². The van der Waals surface area contributed by atoms with Crippen LogP contribution in [0.15, 0.2) is 297 Å². The molecule has 1 heteroatoms. The highest BCUT2D eigenvalue weighted by molar-refractivity contribution is 6.04. The smallest absolute Gasteiger partial charge is 0.0645 e. The normalized spacial score (nSPS) is 11.9. The molecule has 0 bridgehead atoms. The first-order valence-corrected chi connectivity index (χ1v) is 24.1. The van der Waals surface area contributed by atoms with E-state index in [1.807, 2.05) is 102 Å². The number of anilines is 3. The summed E-state index contributed by atoms with van der Waals surface area (Å²) in [7, 11) is 0. The zero-order valence-corrected chi connectivity index (χ0v) is 38.9. The van der Waals surface area contributed by atoms with E-state index in [0.29, 0.717) is 16.9 Å². The van der Waals surface area contributed by atoms with Crippen LogP contribution in [0.5, 0.6) is 0 Å². The van der Waals surface area contributed by atoms with Crippen molar-refractivity contribution in [1.82, 2.24) is 0 Å². The van der Waals surface area contributed by atoms with Crippen molar-refractivity contribution in [2.45, 2.75) is 0 Å². The minimum absolute atomic E-state index is 0.120. The predicted molar refractivity (Wildman–Crippen MR) is 302 cm³/mol. The lowest BCUT2D eigenvalue weighted by atomic mass is 9.89. The average molecular weight is 908 g/mol. The molecule has 0 amide bonds. The average Bonchev–Trinajstić information content (AvgIpc) is 3.49. The van der Waals surface area contributed by atoms with Crippen LogP contribution in [-0.4, -0.2) is 0 Å². The van der Waals surface area contributed by atoms with Crippen LogP contribution in [0.3, 0.4) is 0 Å². The van der Waals surface area contributed by atoms with E-state index in [-0.39, 0.29) is 35.4 Å². The van der Waals surface area contributed by atoms with Crippen molar-refractivity contribution < 1.29 is 5.48 Å². The maximum atomic E-state index is 9.89. The van der Waals surface area contributed by atoms with Gasteiger partial charge in [-0.1, -0.05) is 237 Å². The Morgan fingerprint density at radius 1 is 0.225 bits per heavy atom. The van der Waals surface area contributed by atoms with Gasteiger partial charge in [-0.3, -0.25) is 0 Å². The van der Waals surface area contributed by atoms with Gasteiger partial charge in [-0.2, -0.15) is 0 Å². The summed E-state index contributed by atoms with van der Waals surface area (Å²) in [5.74, 6) is 0. The fourth-order valence-corrected chi connectivity index (χ4v) is 9.80. The summed E-state index contributed by atoms with van der Waals surface area (Å²) in [5, 5.41) is 2.27. The van der Waals surface area contributed by atoms with Gasteiger partial charge in [0.1, 0.15) is 0 Å². The van der Waals surface area contributed by atoms with Crippen molar-refractivity contribution >= 4 is 27.8 Å². The molecule has 0 aliphatic heterocycles. The van der Waals surface area contributed by atoms with E-state index in [1.54, 1.807) is 0 Å². The van der Waals surface area contributed by atoms with Gasteiger partial charge < -0.3 is 4.90 Å². The minimum Gasteiger partial charge on any atom is -0.311 e. The highest BCUT2D eigenvalue weighted by Crippen LogP contribution is 2.43. The van der Waals surface area contributed by atoms with E-state index in [1.165, 1.54) is 0 Å². The lowest BCUT2D eigenvalue weighted by Crippen LogP contribution is -2.09. The largest absolute Gasteiger partial charge is 0.311 e. The third-order valence-electron chi connectivity index (χ3n) is 13.3. The molecule has 0 aliphatic rings. The molecule has 0 N–H and O–H groups in total. The Bertz CT molecular complexity index is 3910. The molecule has 0 aliphatic carbocycles. The monoisotopic (exact) mass is 907 g/mol. The van der Waals surface area contributed by atoms with E-state index in [2.05, 4.69) is 176 Å². The van der Waals surface area contributed by atoms with Gasteiger partial charge in [0.15, 0.2) is 0 Å². The summed E-state index contributed by atoms with van der Waals surface area (Å²) in [5.41, 5.74) is 17.2. The molecule has 0 heterocycles. The molecular formula is C70H49N. The molecule has 0 unspecified atom stereocenters. The topological polar surface area (TPSA) is 3.24 Å². The van der Waals surface area contributed by atoms with Crippen molar-refractivity contribution in [3.8, 4) is 89.0 Å². The van der Waals surface area contributed by atoms with Gasteiger partial charge >= 0.3 is 0 Å². The fraction of sp³-hybridized carbons (Fsp3) is 0. The lowest BCUT2D eigenvalue weighted by molar-refractivity contribution is 1.28. The van der Waals surface area contributed by atoms with Gasteiger partial charge in [0, 0.05) is 17.1 Å². The second-order valence-electron chi connectivity index (χ2n) is 17.8. The van der Waals surface area contributed by atoms with Crippen LogP contribution in [0, 0.1) is 0 Å². The Morgan fingerprint density at radius 3 is 1.14 bits per heavy atom. The molecule has 0 saturated carbocycles. The first kappa shape index (κ1) is 38.6. The number of fused-ring (bicyclic) bond motifs is 1. The van der Waals surface area contributed by atoms with Crippen molar-refractivity contribution in [2.75, 3.05) is 4.90 Å². The van der Waals surface area contributed by atoms with Crippen molar-refractivity contribution in [3.05, 3.63) is 297 Å². The van der Waals surface area contributed by atoms with Crippen molar-refractivity contribution in [2.24, 2.45) is 0 Å². The molecule has 1 nitrogen and oxygen atoms in total. The van der Waals surface area contributed by atoms with Crippen molar-refractivity contribution in [1.29, 1.82) is 0 Å². The standard InChI is InChI=1S/C70H49N/c1-6-18-50(19-7-1)60-46-61(51-20-8-2-9-21-51)48-62(47-60)53-32-40-64(41-33-53)71(65-42-34-58(35-43-65)70-67-29-17-16-28-57(67)36-45-68(70)55-24-12-4-13-25-55)63-38-30-52(31-39-63)59-37-44-66(54-22-10-3-11-23-54)69(49-59)56-26-14-5-15-27-56/h1-49H/i30D,31D,38D,39D. The first-order valence-electron chi connectivity index (χ1n) is 26.1. The Kier molecular flexibility index (Phi) is 10.5. The molecule has 12 aromatic carbocycles. The van der Waals surface area contributed by atoms with E-state index < -0.39 is 0 Å². The zero-order chi connectivity index (χ0) is 50.8. The summed E-state index contributed by atoms with van der Waals surface area (Å²) < 4.78 is 39.3. The van der Waals surface area contributed by atoms with Gasteiger partial charge in [-0.05, 0) is 160 Å². The summed E-state index contributed by atoms with van der Waals surface area (Å²) in [4.78, 5) is 1.88.